The number of nitrogens with two attached hydrogens (primary N) is 1. The highest BCUT2D eigenvalue weighted by Crippen LogP contribution is 2.31. The van der Waals surface area contributed by atoms with Gasteiger partial charge in [0.25, 0.3) is 5.88 Å². The predicted molar refractivity (Wildman–Crippen MR) is 64.6 cm³/mol. The normalized spacial score (nSPS) is 10.6. The lowest BCUT2D eigenvalue weighted by Crippen LogP contribution is -2.11. The number of carbonyl (C=O) groups is 1. The second kappa shape index (κ2) is 5.05. The van der Waals surface area contributed by atoms with Crippen molar-refractivity contribution in [2.75, 3.05) is 20.3 Å². The molecule has 2 N–H and O–H groups in total. The molecule has 1 aromatic carbocycles. The Kier molecular flexibility index (Phi) is 3.47. The van der Waals surface area contributed by atoms with Crippen LogP contribution in [0, 0.1) is 6.92 Å². The van der Waals surface area contributed by atoms with Crippen molar-refractivity contribution in [1.29, 1.82) is 0 Å². The number of hydrogen-bond donors (Lipinski definition) is 1. The lowest BCUT2D eigenvalue weighted by atomic mass is 10.1. The monoisotopic (exact) mass is 250 g/mol. The van der Waals surface area contributed by atoms with Crippen LogP contribution in [0.4, 0.5) is 0 Å². The molecule has 0 bridgehead atoms. The lowest BCUT2D eigenvalue weighted by molar-refractivity contribution is 0.0602. The first-order chi connectivity index (χ1) is 8.69. The van der Waals surface area contributed by atoms with Gasteiger partial charge in [-0.3, -0.25) is 0 Å². The molecule has 1 aromatic heterocycles. The van der Waals surface area contributed by atoms with Crippen LogP contribution in [0.5, 0.6) is 5.88 Å². The molecule has 0 atom stereocenters. The summed E-state index contributed by atoms with van der Waals surface area (Å²) in [4.78, 5) is 11.7. The molecule has 2 rings (SSSR count). The molecule has 0 unspecified atom stereocenters. The fraction of sp³-hybridized carbons (Fsp3) is 0.333. The highest BCUT2D eigenvalue weighted by atomic mass is 16.5. The molecule has 96 valence electrons. The van der Waals surface area contributed by atoms with E-state index in [1.165, 1.54) is 7.11 Å². The number of nitrogens with zero attached hydrogens (tertiary/aromatic N) is 1. The molecule has 0 spiro atoms. The first kappa shape index (κ1) is 12.4. The summed E-state index contributed by atoms with van der Waals surface area (Å²) in [5.74, 6) is -0.194. The van der Waals surface area contributed by atoms with Crippen LogP contribution in [0.15, 0.2) is 16.7 Å². The molecule has 1 heterocycles. The van der Waals surface area contributed by atoms with Gasteiger partial charge in [0.1, 0.15) is 12.0 Å². The van der Waals surface area contributed by atoms with Gasteiger partial charge in [0, 0.05) is 6.54 Å². The molecule has 0 amide bonds. The Hall–Kier alpha value is -2.08. The van der Waals surface area contributed by atoms with Crippen molar-refractivity contribution in [3.8, 4) is 5.88 Å². The SMILES string of the molecule is COC(=O)c1ccc(C)c2onc(OCCN)c12. The molecule has 0 aliphatic heterocycles. The Balaban J connectivity index is 2.59. The predicted octanol–water partition coefficient (Wildman–Crippen LogP) is 1.26. The molecule has 6 nitrogen and oxygen atoms in total. The topological polar surface area (TPSA) is 87.6 Å². The van der Waals surface area contributed by atoms with Crippen LogP contribution in [0.3, 0.4) is 0 Å². The van der Waals surface area contributed by atoms with Crippen molar-refractivity contribution in [1.82, 2.24) is 5.16 Å². The Morgan fingerprint density at radius 3 is 2.94 bits per heavy atom. The molecule has 0 saturated heterocycles. The van der Waals surface area contributed by atoms with Crippen LogP contribution in [0.25, 0.3) is 11.0 Å². The number of esters is 1. The molecule has 6 heteroatoms. The van der Waals surface area contributed by atoms with Crippen molar-refractivity contribution < 1.29 is 18.8 Å². The number of ether oxygens (including phenoxy) is 2. The van der Waals surface area contributed by atoms with E-state index in [9.17, 15) is 4.79 Å². The minimum Gasteiger partial charge on any atom is -0.474 e. The van der Waals surface area contributed by atoms with Crippen molar-refractivity contribution in [3.05, 3.63) is 23.3 Å². The number of fused-ring (bicyclic) bond motifs is 1. The number of methoxy groups -OCH3 is 1. The minimum atomic E-state index is -0.458. The Morgan fingerprint density at radius 1 is 1.50 bits per heavy atom. The molecule has 2 aromatic rings. The van der Waals surface area contributed by atoms with Crippen LogP contribution in [0.1, 0.15) is 15.9 Å². The molecule has 18 heavy (non-hydrogen) atoms. The summed E-state index contributed by atoms with van der Waals surface area (Å²) in [5, 5.41) is 4.33. The maximum absolute atomic E-state index is 11.7. The third-order valence-electron chi connectivity index (χ3n) is 2.55. The van der Waals surface area contributed by atoms with Gasteiger partial charge in [-0.25, -0.2) is 4.79 Å². The van der Waals surface area contributed by atoms with Crippen LogP contribution in [-0.2, 0) is 4.74 Å². The summed E-state index contributed by atoms with van der Waals surface area (Å²) in [6.07, 6.45) is 0. The number of carbonyl (C=O) groups excluding carboxylic acids is 1. The molecular formula is C12H14N2O4. The average molecular weight is 250 g/mol. The van der Waals surface area contributed by atoms with E-state index in [1.807, 2.05) is 6.92 Å². The zero-order chi connectivity index (χ0) is 13.1. The highest BCUT2D eigenvalue weighted by molar-refractivity contribution is 6.05. The third-order valence-corrected chi connectivity index (χ3v) is 2.55. The first-order valence-electron chi connectivity index (χ1n) is 5.49. The Bertz CT molecular complexity index is 577. The van der Waals surface area contributed by atoms with Gasteiger partial charge in [-0.05, 0) is 23.7 Å². The van der Waals surface area contributed by atoms with Crippen molar-refractivity contribution in [2.45, 2.75) is 6.92 Å². The second-order valence-electron chi connectivity index (χ2n) is 3.75. The minimum absolute atomic E-state index is 0.263. The second-order valence-corrected chi connectivity index (χ2v) is 3.75. The average Bonchev–Trinajstić information content (AvgIpc) is 2.81. The van der Waals surface area contributed by atoms with Crippen LogP contribution < -0.4 is 10.5 Å². The molecule has 0 fully saturated rings. The lowest BCUT2D eigenvalue weighted by Gasteiger charge is -2.04. The number of aryl methyl sites for hydroxylation is 1. The fourth-order valence-electron chi connectivity index (χ4n) is 1.68. The third kappa shape index (κ3) is 2.02. The van der Waals surface area contributed by atoms with Gasteiger partial charge < -0.3 is 19.7 Å². The summed E-state index contributed by atoms with van der Waals surface area (Å²) >= 11 is 0. The number of hydrogen-bond acceptors (Lipinski definition) is 6. The first-order valence-corrected chi connectivity index (χ1v) is 5.49. The van der Waals surface area contributed by atoms with Crippen LogP contribution >= 0.6 is 0 Å². The van der Waals surface area contributed by atoms with E-state index in [2.05, 4.69) is 5.16 Å². The van der Waals surface area contributed by atoms with Crippen LogP contribution in [-0.4, -0.2) is 31.4 Å². The maximum atomic E-state index is 11.7. The van der Waals surface area contributed by atoms with E-state index in [4.69, 9.17) is 19.7 Å². The Morgan fingerprint density at radius 2 is 2.28 bits per heavy atom. The quantitative estimate of drug-likeness (QED) is 0.822. The summed E-state index contributed by atoms with van der Waals surface area (Å²) in [7, 11) is 1.32. The van der Waals surface area contributed by atoms with Gasteiger partial charge in [0.15, 0.2) is 5.58 Å². The van der Waals surface area contributed by atoms with Crippen LogP contribution in [0.2, 0.25) is 0 Å². The van der Waals surface area contributed by atoms with E-state index < -0.39 is 5.97 Å². The molecule has 0 radical (unpaired) electrons. The number of rotatable bonds is 4. The van der Waals surface area contributed by atoms with Crippen molar-refractivity contribution in [2.24, 2.45) is 5.73 Å². The van der Waals surface area contributed by atoms with Gasteiger partial charge in [-0.1, -0.05) is 6.07 Å². The largest absolute Gasteiger partial charge is 0.474 e. The van der Waals surface area contributed by atoms with Gasteiger partial charge in [-0.2, -0.15) is 0 Å². The Labute approximate surface area is 104 Å². The van der Waals surface area contributed by atoms with Gasteiger partial charge >= 0.3 is 5.97 Å². The van der Waals surface area contributed by atoms with E-state index in [1.54, 1.807) is 12.1 Å². The molecule has 0 aliphatic rings. The summed E-state index contributed by atoms with van der Waals surface area (Å²) < 4.78 is 15.3. The standard InChI is InChI=1S/C12H14N2O4/c1-7-3-4-8(12(15)16-2)9-10(7)18-14-11(9)17-6-5-13/h3-4H,5-6,13H2,1-2H3. The molecule has 0 saturated carbocycles. The van der Waals surface area contributed by atoms with E-state index in [0.29, 0.717) is 29.7 Å². The molecular weight excluding hydrogens is 236 g/mol. The zero-order valence-corrected chi connectivity index (χ0v) is 10.2. The van der Waals surface area contributed by atoms with E-state index in [0.717, 1.165) is 5.56 Å². The summed E-state index contributed by atoms with van der Waals surface area (Å²) in [5.41, 5.74) is 7.12. The smallest absolute Gasteiger partial charge is 0.338 e. The number of benzene rings is 1. The summed E-state index contributed by atoms with van der Waals surface area (Å²) in [6.45, 7) is 2.52. The molecule has 0 aliphatic carbocycles. The fourth-order valence-corrected chi connectivity index (χ4v) is 1.68. The van der Waals surface area contributed by atoms with Gasteiger partial charge in [-0.15, -0.1) is 0 Å². The number of aromatic nitrogens is 1. The van der Waals surface area contributed by atoms with E-state index >= 15 is 0 Å². The maximum Gasteiger partial charge on any atom is 0.338 e. The zero-order valence-electron chi connectivity index (χ0n) is 10.2. The van der Waals surface area contributed by atoms with Crippen molar-refractivity contribution >= 4 is 16.9 Å². The summed E-state index contributed by atoms with van der Waals surface area (Å²) in [6, 6.07) is 3.43. The van der Waals surface area contributed by atoms with Gasteiger partial charge in [0.05, 0.1) is 12.7 Å². The van der Waals surface area contributed by atoms with E-state index in [-0.39, 0.29) is 5.88 Å². The highest BCUT2D eigenvalue weighted by Gasteiger charge is 2.20. The van der Waals surface area contributed by atoms with Crippen molar-refractivity contribution in [3.63, 3.8) is 0 Å². The van der Waals surface area contributed by atoms with Gasteiger partial charge in [0.2, 0.25) is 0 Å².